The molecule has 4 heteroatoms. The summed E-state index contributed by atoms with van der Waals surface area (Å²) >= 11 is 3.44. The van der Waals surface area contributed by atoms with Crippen molar-refractivity contribution in [2.45, 2.75) is 19.9 Å². The van der Waals surface area contributed by atoms with Gasteiger partial charge in [-0.3, -0.25) is 0 Å². The van der Waals surface area contributed by atoms with Crippen LogP contribution in [0, 0.1) is 0 Å². The highest BCUT2D eigenvalue weighted by Crippen LogP contribution is 2.28. The highest BCUT2D eigenvalue weighted by atomic mass is 79.9. The lowest BCUT2D eigenvalue weighted by Crippen LogP contribution is -2.14. The Balaban J connectivity index is 2.81. The Morgan fingerprint density at radius 2 is 2.19 bits per heavy atom. The van der Waals surface area contributed by atoms with Gasteiger partial charge in [-0.15, -0.1) is 0 Å². The minimum absolute atomic E-state index is 0.254. The van der Waals surface area contributed by atoms with Crippen LogP contribution < -0.4 is 10.1 Å². The van der Waals surface area contributed by atoms with Crippen molar-refractivity contribution >= 4 is 15.9 Å². The second kappa shape index (κ2) is 6.89. The molecule has 0 amide bonds. The number of ether oxygens (including phenoxy) is 2. The molecule has 1 atom stereocenters. The van der Waals surface area contributed by atoms with Gasteiger partial charge in [-0.05, 0) is 33.0 Å². The van der Waals surface area contributed by atoms with Crippen molar-refractivity contribution in [2.75, 3.05) is 20.4 Å². The van der Waals surface area contributed by atoms with E-state index in [0.717, 1.165) is 15.8 Å². The molecular weight excluding hydrogens is 270 g/mol. The van der Waals surface area contributed by atoms with E-state index in [1.165, 1.54) is 0 Å². The quantitative estimate of drug-likeness (QED) is 0.644. The van der Waals surface area contributed by atoms with Crippen molar-refractivity contribution in [2.24, 2.45) is 0 Å². The summed E-state index contributed by atoms with van der Waals surface area (Å²) in [5, 5.41) is 3.20. The van der Waals surface area contributed by atoms with Gasteiger partial charge < -0.3 is 14.8 Å². The standard InChI is InChI=1S/C12H18BrNO2/c1-4-15-8-16-12-7-10(13)5-6-11(12)9(2)14-3/h5-7,9,14H,4,8H2,1-3H3. The van der Waals surface area contributed by atoms with E-state index in [1.807, 2.05) is 32.2 Å². The summed E-state index contributed by atoms with van der Waals surface area (Å²) in [5.41, 5.74) is 1.13. The molecule has 1 rings (SSSR count). The first-order valence-electron chi connectivity index (χ1n) is 5.36. The molecule has 0 radical (unpaired) electrons. The summed E-state index contributed by atoms with van der Waals surface area (Å²) in [6.45, 7) is 4.99. The third-order valence-corrected chi connectivity index (χ3v) is 2.87. The molecule has 1 aromatic carbocycles. The second-order valence-corrected chi connectivity index (χ2v) is 4.36. The van der Waals surface area contributed by atoms with E-state index in [-0.39, 0.29) is 12.8 Å². The molecule has 16 heavy (non-hydrogen) atoms. The van der Waals surface area contributed by atoms with Crippen LogP contribution in [0.4, 0.5) is 0 Å². The SMILES string of the molecule is CCOCOc1cc(Br)ccc1C(C)NC. The van der Waals surface area contributed by atoms with Crippen LogP contribution in [0.5, 0.6) is 5.75 Å². The molecule has 0 bridgehead atoms. The first-order chi connectivity index (χ1) is 7.69. The highest BCUT2D eigenvalue weighted by Gasteiger charge is 2.10. The van der Waals surface area contributed by atoms with Crippen LogP contribution in [0.2, 0.25) is 0 Å². The number of hydrogen-bond donors (Lipinski definition) is 1. The Bertz CT molecular complexity index is 331. The summed E-state index contributed by atoms with van der Waals surface area (Å²) in [6.07, 6.45) is 0. The van der Waals surface area contributed by atoms with Gasteiger partial charge in [0.1, 0.15) is 5.75 Å². The molecule has 0 spiro atoms. The Morgan fingerprint density at radius 3 is 2.81 bits per heavy atom. The fraction of sp³-hybridized carbons (Fsp3) is 0.500. The lowest BCUT2D eigenvalue weighted by Gasteiger charge is -2.16. The Hall–Kier alpha value is -0.580. The molecule has 0 aliphatic rings. The average Bonchev–Trinajstić information content (AvgIpc) is 2.29. The predicted octanol–water partition coefficient (Wildman–Crippen LogP) is 3.10. The first kappa shape index (κ1) is 13.5. The summed E-state index contributed by atoms with van der Waals surface area (Å²) in [6, 6.07) is 6.27. The van der Waals surface area contributed by atoms with Crippen molar-refractivity contribution < 1.29 is 9.47 Å². The lowest BCUT2D eigenvalue weighted by atomic mass is 10.1. The minimum Gasteiger partial charge on any atom is -0.467 e. The van der Waals surface area contributed by atoms with E-state index in [0.29, 0.717) is 6.61 Å². The number of halogens is 1. The zero-order valence-electron chi connectivity index (χ0n) is 9.92. The fourth-order valence-corrected chi connectivity index (χ4v) is 1.67. The largest absolute Gasteiger partial charge is 0.467 e. The van der Waals surface area contributed by atoms with Gasteiger partial charge in [0.05, 0.1) is 0 Å². The van der Waals surface area contributed by atoms with Gasteiger partial charge in [0.25, 0.3) is 0 Å². The number of nitrogens with one attached hydrogen (secondary N) is 1. The maximum absolute atomic E-state index is 5.59. The zero-order valence-corrected chi connectivity index (χ0v) is 11.5. The van der Waals surface area contributed by atoms with Crippen LogP contribution in [0.3, 0.4) is 0 Å². The summed E-state index contributed by atoms with van der Waals surface area (Å²) in [7, 11) is 1.93. The van der Waals surface area contributed by atoms with Gasteiger partial charge in [0.15, 0.2) is 6.79 Å². The van der Waals surface area contributed by atoms with E-state index in [4.69, 9.17) is 9.47 Å². The highest BCUT2D eigenvalue weighted by molar-refractivity contribution is 9.10. The third-order valence-electron chi connectivity index (χ3n) is 2.38. The van der Waals surface area contributed by atoms with Gasteiger partial charge in [0, 0.05) is 22.7 Å². The van der Waals surface area contributed by atoms with E-state index in [9.17, 15) is 0 Å². The van der Waals surface area contributed by atoms with E-state index >= 15 is 0 Å². The number of benzene rings is 1. The second-order valence-electron chi connectivity index (χ2n) is 3.45. The van der Waals surface area contributed by atoms with Crippen molar-refractivity contribution in [1.29, 1.82) is 0 Å². The molecule has 0 aromatic heterocycles. The Morgan fingerprint density at radius 1 is 1.44 bits per heavy atom. The normalized spacial score (nSPS) is 12.5. The average molecular weight is 288 g/mol. The van der Waals surface area contributed by atoms with Crippen LogP contribution in [-0.2, 0) is 4.74 Å². The molecule has 0 saturated carbocycles. The first-order valence-corrected chi connectivity index (χ1v) is 6.15. The summed E-state index contributed by atoms with van der Waals surface area (Å²) < 4.78 is 11.8. The van der Waals surface area contributed by atoms with Crippen LogP contribution >= 0.6 is 15.9 Å². The molecule has 3 nitrogen and oxygen atoms in total. The molecule has 0 aliphatic carbocycles. The molecule has 0 heterocycles. The van der Waals surface area contributed by atoms with Gasteiger partial charge in [-0.25, -0.2) is 0 Å². The van der Waals surface area contributed by atoms with Crippen LogP contribution in [-0.4, -0.2) is 20.4 Å². The molecule has 1 aromatic rings. The number of hydrogen-bond acceptors (Lipinski definition) is 3. The van der Waals surface area contributed by atoms with E-state index in [1.54, 1.807) is 0 Å². The molecule has 1 N–H and O–H groups in total. The lowest BCUT2D eigenvalue weighted by molar-refractivity contribution is 0.0216. The number of rotatable bonds is 6. The predicted molar refractivity (Wildman–Crippen MR) is 68.7 cm³/mol. The smallest absolute Gasteiger partial charge is 0.189 e. The van der Waals surface area contributed by atoms with Crippen molar-refractivity contribution in [1.82, 2.24) is 5.32 Å². The summed E-state index contributed by atoms with van der Waals surface area (Å²) in [5.74, 6) is 0.852. The monoisotopic (exact) mass is 287 g/mol. The maximum atomic E-state index is 5.59. The van der Waals surface area contributed by atoms with Crippen LogP contribution in [0.25, 0.3) is 0 Å². The fourth-order valence-electron chi connectivity index (χ4n) is 1.33. The van der Waals surface area contributed by atoms with Gasteiger partial charge >= 0.3 is 0 Å². The Labute approximate surface area is 105 Å². The summed E-state index contributed by atoms with van der Waals surface area (Å²) in [4.78, 5) is 0. The van der Waals surface area contributed by atoms with Crippen molar-refractivity contribution in [3.05, 3.63) is 28.2 Å². The Kier molecular flexibility index (Phi) is 5.80. The van der Waals surface area contributed by atoms with Crippen molar-refractivity contribution in [3.63, 3.8) is 0 Å². The molecule has 0 fully saturated rings. The molecule has 1 unspecified atom stereocenters. The molecule has 0 saturated heterocycles. The van der Waals surface area contributed by atoms with Crippen LogP contribution in [0.1, 0.15) is 25.5 Å². The van der Waals surface area contributed by atoms with E-state index in [2.05, 4.69) is 28.2 Å². The third kappa shape index (κ3) is 3.77. The topological polar surface area (TPSA) is 30.5 Å². The molecular formula is C12H18BrNO2. The maximum Gasteiger partial charge on any atom is 0.189 e. The van der Waals surface area contributed by atoms with Gasteiger partial charge in [-0.1, -0.05) is 22.0 Å². The van der Waals surface area contributed by atoms with Gasteiger partial charge in [0.2, 0.25) is 0 Å². The van der Waals surface area contributed by atoms with Gasteiger partial charge in [-0.2, -0.15) is 0 Å². The molecule has 90 valence electrons. The van der Waals surface area contributed by atoms with Crippen molar-refractivity contribution in [3.8, 4) is 5.75 Å². The van der Waals surface area contributed by atoms with Crippen LogP contribution in [0.15, 0.2) is 22.7 Å². The van der Waals surface area contributed by atoms with E-state index < -0.39 is 0 Å². The molecule has 0 aliphatic heterocycles. The minimum atomic E-state index is 0.254. The zero-order chi connectivity index (χ0) is 12.0.